The molecule has 0 fully saturated rings. The van der Waals surface area contributed by atoms with Crippen molar-refractivity contribution in [3.63, 3.8) is 0 Å². The molecule has 0 aliphatic carbocycles. The molecule has 0 aromatic heterocycles. The third-order valence-electron chi connectivity index (χ3n) is 2.36. The average Bonchev–Trinajstić information content (AvgIpc) is 2.31. The average molecular weight is 295 g/mol. The molecule has 19 heavy (non-hydrogen) atoms. The van der Waals surface area contributed by atoms with E-state index < -0.39 is 17.8 Å². The van der Waals surface area contributed by atoms with Crippen molar-refractivity contribution in [2.24, 2.45) is 0 Å². The van der Waals surface area contributed by atoms with Crippen LogP contribution < -0.4 is 10.6 Å². The number of nitrogens with one attached hydrogen (secondary N) is 2. The molecule has 0 radical (unpaired) electrons. The number of carbonyl (C=O) groups is 1. The Hall–Kier alpha value is -1.43. The molecule has 2 amide bonds. The van der Waals surface area contributed by atoms with Crippen LogP contribution in [0.4, 0.5) is 23.7 Å². The van der Waals surface area contributed by atoms with E-state index >= 15 is 0 Å². The third-order valence-corrected chi connectivity index (χ3v) is 2.67. The summed E-state index contributed by atoms with van der Waals surface area (Å²) in [5.41, 5.74) is -0.710. The van der Waals surface area contributed by atoms with Gasteiger partial charge in [-0.3, -0.25) is 0 Å². The van der Waals surface area contributed by atoms with Gasteiger partial charge in [-0.25, -0.2) is 4.79 Å². The van der Waals surface area contributed by atoms with Crippen molar-refractivity contribution in [1.29, 1.82) is 0 Å². The van der Waals surface area contributed by atoms with Gasteiger partial charge >= 0.3 is 12.2 Å². The van der Waals surface area contributed by atoms with E-state index in [0.29, 0.717) is 6.54 Å². The Kier molecular flexibility index (Phi) is 5.47. The molecule has 2 N–H and O–H groups in total. The Labute approximate surface area is 114 Å². The van der Waals surface area contributed by atoms with Gasteiger partial charge in [-0.2, -0.15) is 13.2 Å². The molecule has 0 heterocycles. The first-order chi connectivity index (χ1) is 8.84. The van der Waals surface area contributed by atoms with Crippen molar-refractivity contribution in [3.8, 4) is 0 Å². The van der Waals surface area contributed by atoms with Crippen LogP contribution in [0.2, 0.25) is 5.02 Å². The van der Waals surface area contributed by atoms with Gasteiger partial charge in [-0.1, -0.05) is 24.9 Å². The first-order valence-electron chi connectivity index (χ1n) is 5.76. The molecule has 0 atom stereocenters. The number of amides is 2. The highest BCUT2D eigenvalue weighted by Crippen LogP contribution is 2.33. The normalized spacial score (nSPS) is 11.2. The summed E-state index contributed by atoms with van der Waals surface area (Å²) >= 11 is 5.70. The maximum Gasteiger partial charge on any atom is 0.416 e. The van der Waals surface area contributed by atoms with Gasteiger partial charge in [0.15, 0.2) is 0 Å². The van der Waals surface area contributed by atoms with E-state index in [1.807, 2.05) is 6.92 Å². The lowest BCUT2D eigenvalue weighted by Gasteiger charge is -2.11. The van der Waals surface area contributed by atoms with Crippen LogP contribution >= 0.6 is 11.6 Å². The Balaban J connectivity index is 2.67. The predicted molar refractivity (Wildman–Crippen MR) is 68.4 cm³/mol. The van der Waals surface area contributed by atoms with Crippen molar-refractivity contribution < 1.29 is 18.0 Å². The van der Waals surface area contributed by atoms with E-state index in [1.165, 1.54) is 0 Å². The van der Waals surface area contributed by atoms with Crippen LogP contribution in [0.5, 0.6) is 0 Å². The highest BCUT2D eigenvalue weighted by atomic mass is 35.5. The number of hydrogen-bond acceptors (Lipinski definition) is 1. The number of unbranched alkanes of at least 4 members (excludes halogenated alkanes) is 1. The minimum absolute atomic E-state index is 0.142. The van der Waals surface area contributed by atoms with Crippen LogP contribution in [0.3, 0.4) is 0 Å². The van der Waals surface area contributed by atoms with E-state index in [-0.39, 0.29) is 10.7 Å². The van der Waals surface area contributed by atoms with Crippen LogP contribution in [0, 0.1) is 0 Å². The van der Waals surface area contributed by atoms with E-state index in [4.69, 9.17) is 11.6 Å². The fourth-order valence-electron chi connectivity index (χ4n) is 1.34. The maximum atomic E-state index is 12.4. The maximum absolute atomic E-state index is 12.4. The molecule has 0 unspecified atom stereocenters. The molecule has 0 spiro atoms. The number of carbonyl (C=O) groups excluding carboxylic acids is 1. The smallest absolute Gasteiger partial charge is 0.338 e. The predicted octanol–water partition coefficient (Wildman–Crippen LogP) is 4.28. The number of halogens is 4. The van der Waals surface area contributed by atoms with Crippen LogP contribution in [0.25, 0.3) is 0 Å². The molecule has 0 saturated carbocycles. The van der Waals surface area contributed by atoms with Gasteiger partial charge in [0.25, 0.3) is 0 Å². The highest BCUT2D eigenvalue weighted by molar-refractivity contribution is 6.33. The Bertz CT molecular complexity index is 449. The van der Waals surface area contributed by atoms with Gasteiger partial charge in [-0.05, 0) is 24.6 Å². The molecule has 0 bridgehead atoms. The van der Waals surface area contributed by atoms with E-state index in [0.717, 1.165) is 31.0 Å². The van der Waals surface area contributed by atoms with Crippen LogP contribution in [0.1, 0.15) is 25.3 Å². The van der Waals surface area contributed by atoms with Crippen LogP contribution in [-0.4, -0.2) is 12.6 Å². The third kappa shape index (κ3) is 4.98. The second-order valence-corrected chi connectivity index (χ2v) is 4.33. The lowest BCUT2D eigenvalue weighted by Crippen LogP contribution is -2.29. The molecule has 1 aromatic rings. The molecule has 0 saturated heterocycles. The summed E-state index contributed by atoms with van der Waals surface area (Å²) in [7, 11) is 0. The van der Waals surface area contributed by atoms with Gasteiger partial charge in [0.05, 0.1) is 16.3 Å². The fraction of sp³-hybridized carbons (Fsp3) is 0.417. The van der Waals surface area contributed by atoms with Crippen molar-refractivity contribution in [3.05, 3.63) is 28.8 Å². The second kappa shape index (κ2) is 6.65. The molecule has 1 rings (SSSR count). The topological polar surface area (TPSA) is 41.1 Å². The monoisotopic (exact) mass is 294 g/mol. The van der Waals surface area contributed by atoms with Gasteiger partial charge in [0, 0.05) is 6.54 Å². The summed E-state index contributed by atoms with van der Waals surface area (Å²) in [6.07, 6.45) is -2.69. The summed E-state index contributed by atoms with van der Waals surface area (Å²) < 4.78 is 37.2. The summed E-state index contributed by atoms with van der Waals surface area (Å²) in [6.45, 7) is 2.48. The van der Waals surface area contributed by atoms with Crippen LogP contribution in [-0.2, 0) is 6.18 Å². The quantitative estimate of drug-likeness (QED) is 0.800. The Morgan fingerprint density at radius 2 is 2.05 bits per heavy atom. The van der Waals surface area contributed by atoms with Gasteiger partial charge in [0.2, 0.25) is 0 Å². The van der Waals surface area contributed by atoms with Gasteiger partial charge in [-0.15, -0.1) is 0 Å². The minimum atomic E-state index is -4.45. The standard InChI is InChI=1S/C12H14ClF3N2O/c1-2-3-6-17-11(19)18-10-5-4-8(7-9(10)13)12(14,15)16/h4-5,7H,2-3,6H2,1H3,(H2,17,18,19). The molecule has 1 aromatic carbocycles. The number of anilines is 1. The highest BCUT2D eigenvalue weighted by Gasteiger charge is 2.30. The molecule has 0 aliphatic rings. The molecule has 3 nitrogen and oxygen atoms in total. The second-order valence-electron chi connectivity index (χ2n) is 3.93. The summed E-state index contributed by atoms with van der Waals surface area (Å²) in [5.74, 6) is 0. The number of benzene rings is 1. The van der Waals surface area contributed by atoms with E-state index in [1.54, 1.807) is 0 Å². The minimum Gasteiger partial charge on any atom is -0.338 e. The van der Waals surface area contributed by atoms with Gasteiger partial charge < -0.3 is 10.6 Å². The summed E-state index contributed by atoms with van der Waals surface area (Å²) in [6, 6.07) is 2.29. The zero-order valence-electron chi connectivity index (χ0n) is 10.3. The van der Waals surface area contributed by atoms with Gasteiger partial charge in [0.1, 0.15) is 0 Å². The summed E-state index contributed by atoms with van der Waals surface area (Å²) in [4.78, 5) is 11.4. The van der Waals surface area contributed by atoms with Crippen molar-refractivity contribution in [1.82, 2.24) is 5.32 Å². The fourth-order valence-corrected chi connectivity index (χ4v) is 1.57. The van der Waals surface area contributed by atoms with Crippen molar-refractivity contribution in [2.75, 3.05) is 11.9 Å². The lowest BCUT2D eigenvalue weighted by molar-refractivity contribution is -0.137. The van der Waals surface area contributed by atoms with E-state index in [2.05, 4.69) is 10.6 Å². The number of hydrogen-bond donors (Lipinski definition) is 2. The SMILES string of the molecule is CCCCNC(=O)Nc1ccc(C(F)(F)F)cc1Cl. The largest absolute Gasteiger partial charge is 0.416 e. The van der Waals surface area contributed by atoms with E-state index in [9.17, 15) is 18.0 Å². The lowest BCUT2D eigenvalue weighted by atomic mass is 10.2. The first-order valence-corrected chi connectivity index (χ1v) is 6.14. The zero-order chi connectivity index (χ0) is 14.5. The summed E-state index contributed by atoms with van der Waals surface area (Å²) in [5, 5.41) is 4.82. The number of rotatable bonds is 4. The number of alkyl halides is 3. The molecule has 7 heteroatoms. The Morgan fingerprint density at radius 1 is 1.37 bits per heavy atom. The molecular formula is C12H14ClF3N2O. The van der Waals surface area contributed by atoms with Crippen molar-refractivity contribution >= 4 is 23.3 Å². The molecule has 0 aliphatic heterocycles. The Morgan fingerprint density at radius 3 is 2.58 bits per heavy atom. The molecular weight excluding hydrogens is 281 g/mol. The van der Waals surface area contributed by atoms with Crippen LogP contribution in [0.15, 0.2) is 18.2 Å². The van der Waals surface area contributed by atoms with Crippen molar-refractivity contribution in [2.45, 2.75) is 25.9 Å². The zero-order valence-corrected chi connectivity index (χ0v) is 11.0. The first kappa shape index (κ1) is 15.6. The molecule has 106 valence electrons. The number of urea groups is 1.